The van der Waals surface area contributed by atoms with E-state index in [1.165, 1.54) is 61.2 Å². The molecular weight excluding hydrogens is 631 g/mol. The lowest BCUT2D eigenvalue weighted by Crippen LogP contribution is -2.26. The molecule has 0 bridgehead atoms. The van der Waals surface area contributed by atoms with E-state index in [-0.39, 0.29) is 0 Å². The molecule has 11 rings (SSSR count). The summed E-state index contributed by atoms with van der Waals surface area (Å²) in [6.45, 7) is 2.13. The molecule has 0 unspecified atom stereocenters. The summed E-state index contributed by atoms with van der Waals surface area (Å²) in [5.74, 6) is 0. The highest BCUT2D eigenvalue weighted by Gasteiger charge is 2.52. The highest BCUT2D eigenvalue weighted by Crippen LogP contribution is 2.64. The third-order valence-electron chi connectivity index (χ3n) is 11.4. The molecule has 0 fully saturated rings. The Morgan fingerprint density at radius 3 is 1.65 bits per heavy atom. The van der Waals surface area contributed by atoms with E-state index >= 15 is 0 Å². The Morgan fingerprint density at radius 1 is 0.423 bits per heavy atom. The van der Waals surface area contributed by atoms with Gasteiger partial charge in [-0.15, -0.1) is 0 Å². The minimum Gasteiger partial charge on any atom is -0.456 e. The average molecular weight is 664 g/mol. The summed E-state index contributed by atoms with van der Waals surface area (Å²) >= 11 is 0. The number of rotatable bonds is 4. The van der Waals surface area contributed by atoms with Crippen molar-refractivity contribution in [1.82, 2.24) is 0 Å². The molecule has 244 valence electrons. The van der Waals surface area contributed by atoms with Gasteiger partial charge in [0.25, 0.3) is 0 Å². The van der Waals surface area contributed by atoms with Gasteiger partial charge in [-0.1, -0.05) is 151 Å². The summed E-state index contributed by atoms with van der Waals surface area (Å²) in [4.78, 5) is 2.46. The molecule has 1 heterocycles. The van der Waals surface area contributed by atoms with Crippen LogP contribution in [0.4, 0.5) is 17.1 Å². The Kier molecular flexibility index (Phi) is 6.12. The lowest BCUT2D eigenvalue weighted by Gasteiger charge is -2.32. The van der Waals surface area contributed by atoms with Crippen molar-refractivity contribution in [3.8, 4) is 33.4 Å². The molecule has 0 radical (unpaired) electrons. The van der Waals surface area contributed by atoms with E-state index in [0.29, 0.717) is 0 Å². The van der Waals surface area contributed by atoms with E-state index in [9.17, 15) is 0 Å². The second kappa shape index (κ2) is 10.9. The molecule has 2 heteroatoms. The van der Waals surface area contributed by atoms with Gasteiger partial charge in [-0.3, -0.25) is 0 Å². The van der Waals surface area contributed by atoms with Crippen molar-refractivity contribution in [3.63, 3.8) is 0 Å². The van der Waals surface area contributed by atoms with Gasteiger partial charge in [-0.25, -0.2) is 0 Å². The van der Waals surface area contributed by atoms with Crippen molar-refractivity contribution in [2.24, 2.45) is 0 Å². The number of aryl methyl sites for hydroxylation is 1. The Morgan fingerprint density at radius 2 is 0.942 bits per heavy atom. The third-order valence-corrected chi connectivity index (χ3v) is 11.4. The Hall–Kier alpha value is -6.64. The summed E-state index contributed by atoms with van der Waals surface area (Å²) in [7, 11) is 0. The summed E-state index contributed by atoms with van der Waals surface area (Å²) in [6, 6.07) is 66.7. The first-order chi connectivity index (χ1) is 25.7. The smallest absolute Gasteiger partial charge is 0.137 e. The van der Waals surface area contributed by atoms with Gasteiger partial charge in [0.2, 0.25) is 0 Å². The van der Waals surface area contributed by atoms with Crippen molar-refractivity contribution in [3.05, 3.63) is 210 Å². The standard InChI is InChI=1S/C50H33NO/c1-32-24-26-33(27-25-32)34-28-30-35(31-29-34)51(45-21-11-23-47-49(45)39-15-5-9-22-46(39)52-47)44-20-10-19-43-48(44)38-14-4-8-18-42(38)50(43)40-16-6-2-12-36(40)37-13-3-7-17-41(37)50/h2-31H,1H3. The topological polar surface area (TPSA) is 16.4 Å². The Bertz CT molecular complexity index is 2810. The fourth-order valence-corrected chi connectivity index (χ4v) is 9.21. The number of hydrogen-bond acceptors (Lipinski definition) is 2. The van der Waals surface area contributed by atoms with Gasteiger partial charge in [-0.05, 0) is 93.4 Å². The highest BCUT2D eigenvalue weighted by molar-refractivity contribution is 6.14. The van der Waals surface area contributed by atoms with Gasteiger partial charge in [0.05, 0.1) is 22.2 Å². The number of nitrogens with zero attached hydrogens (tertiary/aromatic N) is 1. The minimum atomic E-state index is -0.426. The number of fused-ring (bicyclic) bond motifs is 13. The van der Waals surface area contributed by atoms with Crippen LogP contribution in [0.25, 0.3) is 55.3 Å². The molecule has 2 aliphatic rings. The van der Waals surface area contributed by atoms with Crippen LogP contribution in [-0.2, 0) is 5.41 Å². The fraction of sp³-hybridized carbons (Fsp3) is 0.0400. The molecular formula is C50H33NO. The van der Waals surface area contributed by atoms with Gasteiger partial charge in [0, 0.05) is 16.6 Å². The zero-order valence-corrected chi connectivity index (χ0v) is 28.7. The van der Waals surface area contributed by atoms with E-state index < -0.39 is 5.41 Å². The summed E-state index contributed by atoms with van der Waals surface area (Å²) in [6.07, 6.45) is 0. The van der Waals surface area contributed by atoms with Crippen molar-refractivity contribution in [2.75, 3.05) is 4.90 Å². The first-order valence-electron chi connectivity index (χ1n) is 18.0. The first kappa shape index (κ1) is 29.1. The van der Waals surface area contributed by atoms with Gasteiger partial charge in [-0.2, -0.15) is 0 Å². The maximum atomic E-state index is 6.48. The predicted octanol–water partition coefficient (Wildman–Crippen LogP) is 13.4. The number of para-hydroxylation sites is 1. The maximum absolute atomic E-state index is 6.48. The molecule has 1 spiro atoms. The predicted molar refractivity (Wildman–Crippen MR) is 215 cm³/mol. The Labute approximate surface area is 302 Å². The summed E-state index contributed by atoms with van der Waals surface area (Å²) in [5, 5.41) is 2.22. The number of benzene rings is 8. The number of anilines is 3. The first-order valence-corrected chi connectivity index (χ1v) is 18.0. The molecule has 0 saturated heterocycles. The van der Waals surface area contributed by atoms with Crippen LogP contribution in [0.5, 0.6) is 0 Å². The summed E-state index contributed by atoms with van der Waals surface area (Å²) in [5.41, 5.74) is 18.8. The van der Waals surface area contributed by atoms with Crippen molar-refractivity contribution < 1.29 is 4.42 Å². The van der Waals surface area contributed by atoms with E-state index in [1.807, 2.05) is 6.07 Å². The minimum absolute atomic E-state index is 0.426. The normalized spacial score (nSPS) is 13.2. The molecule has 0 aliphatic heterocycles. The highest BCUT2D eigenvalue weighted by atomic mass is 16.3. The zero-order valence-electron chi connectivity index (χ0n) is 28.7. The molecule has 0 saturated carbocycles. The monoisotopic (exact) mass is 663 g/mol. The molecule has 2 aliphatic carbocycles. The van der Waals surface area contributed by atoms with Crippen LogP contribution in [0.3, 0.4) is 0 Å². The molecule has 2 nitrogen and oxygen atoms in total. The molecule has 0 atom stereocenters. The van der Waals surface area contributed by atoms with Crippen molar-refractivity contribution >= 4 is 39.0 Å². The second-order valence-electron chi connectivity index (χ2n) is 14.1. The molecule has 9 aromatic rings. The van der Waals surface area contributed by atoms with E-state index in [4.69, 9.17) is 4.42 Å². The van der Waals surface area contributed by atoms with Crippen molar-refractivity contribution in [2.45, 2.75) is 12.3 Å². The SMILES string of the molecule is Cc1ccc(-c2ccc(N(c3cccc4c3-c3ccccc3C43c4ccccc4-c4ccccc43)c3cccc4oc5ccccc5c34)cc2)cc1. The number of furan rings is 1. The molecule has 0 amide bonds. The largest absolute Gasteiger partial charge is 0.456 e. The zero-order chi connectivity index (χ0) is 34.4. The summed E-state index contributed by atoms with van der Waals surface area (Å²) < 4.78 is 6.48. The van der Waals surface area contributed by atoms with Crippen LogP contribution in [0.2, 0.25) is 0 Å². The van der Waals surface area contributed by atoms with Gasteiger partial charge < -0.3 is 9.32 Å². The van der Waals surface area contributed by atoms with Gasteiger partial charge in [0.1, 0.15) is 11.2 Å². The molecule has 8 aromatic carbocycles. The van der Waals surface area contributed by atoms with E-state index in [2.05, 4.69) is 188 Å². The molecule has 52 heavy (non-hydrogen) atoms. The van der Waals surface area contributed by atoms with Crippen LogP contribution >= 0.6 is 0 Å². The lowest BCUT2D eigenvalue weighted by molar-refractivity contribution is 0.669. The number of hydrogen-bond donors (Lipinski definition) is 0. The maximum Gasteiger partial charge on any atom is 0.137 e. The van der Waals surface area contributed by atoms with Crippen LogP contribution in [0, 0.1) is 6.92 Å². The third kappa shape index (κ3) is 3.89. The average Bonchev–Trinajstić information content (AvgIpc) is 3.84. The Balaban J connectivity index is 1.22. The van der Waals surface area contributed by atoms with Crippen LogP contribution < -0.4 is 4.90 Å². The van der Waals surface area contributed by atoms with Crippen LogP contribution in [0.15, 0.2) is 186 Å². The van der Waals surface area contributed by atoms with E-state index in [1.54, 1.807) is 0 Å². The fourth-order valence-electron chi connectivity index (χ4n) is 9.21. The molecule has 0 N–H and O–H groups in total. The quantitative estimate of drug-likeness (QED) is 0.186. The van der Waals surface area contributed by atoms with Crippen molar-refractivity contribution in [1.29, 1.82) is 0 Å². The van der Waals surface area contributed by atoms with E-state index in [0.717, 1.165) is 39.0 Å². The lowest BCUT2D eigenvalue weighted by atomic mass is 9.70. The van der Waals surface area contributed by atoms with Crippen LogP contribution in [0.1, 0.15) is 27.8 Å². The van der Waals surface area contributed by atoms with Gasteiger partial charge in [0.15, 0.2) is 0 Å². The molecule has 1 aromatic heterocycles. The second-order valence-corrected chi connectivity index (χ2v) is 14.1. The van der Waals surface area contributed by atoms with Gasteiger partial charge >= 0.3 is 0 Å². The van der Waals surface area contributed by atoms with Crippen LogP contribution in [-0.4, -0.2) is 0 Å².